The lowest BCUT2D eigenvalue weighted by Crippen LogP contribution is -2.53. The molecule has 0 spiro atoms. The number of benzene rings is 2. The molecule has 0 bridgehead atoms. The first-order valence-corrected chi connectivity index (χ1v) is 15.2. The summed E-state index contributed by atoms with van der Waals surface area (Å²) in [5.74, 6) is -1.68. The van der Waals surface area contributed by atoms with Gasteiger partial charge in [0.25, 0.3) is 0 Å². The van der Waals surface area contributed by atoms with Gasteiger partial charge in [-0.1, -0.05) is 30.7 Å². The van der Waals surface area contributed by atoms with Crippen molar-refractivity contribution in [2.75, 3.05) is 26.2 Å². The smallest absolute Gasteiger partial charge is 0.226 e. The van der Waals surface area contributed by atoms with E-state index in [4.69, 9.17) is 11.6 Å². The number of amides is 2. The molecule has 0 radical (unpaired) electrons. The Bertz CT molecular complexity index is 1270. The predicted molar refractivity (Wildman–Crippen MR) is 160 cm³/mol. The van der Waals surface area contributed by atoms with Crippen molar-refractivity contribution in [3.05, 3.63) is 69.2 Å². The average molecular weight is 588 g/mol. The zero-order valence-corrected chi connectivity index (χ0v) is 26.0. The number of aryl methyl sites for hydroxylation is 1. The largest absolute Gasteiger partial charge is 0.350 e. The van der Waals surface area contributed by atoms with Gasteiger partial charge in [-0.05, 0) is 100 Å². The number of carbonyl (C=O) groups is 2. The van der Waals surface area contributed by atoms with Crippen molar-refractivity contribution < 1.29 is 18.4 Å². The molecule has 2 aliphatic heterocycles. The van der Waals surface area contributed by atoms with Gasteiger partial charge in [0.15, 0.2) is 0 Å². The zero-order valence-electron chi connectivity index (χ0n) is 25.2. The lowest BCUT2D eigenvalue weighted by Gasteiger charge is -2.46. The highest BCUT2D eigenvalue weighted by Gasteiger charge is 2.41. The van der Waals surface area contributed by atoms with Crippen molar-refractivity contribution in [3.8, 4) is 0 Å². The lowest BCUT2D eigenvalue weighted by molar-refractivity contribution is -0.139. The molecule has 2 amide bonds. The fourth-order valence-corrected chi connectivity index (χ4v) is 6.81. The van der Waals surface area contributed by atoms with E-state index >= 15 is 4.39 Å². The summed E-state index contributed by atoms with van der Waals surface area (Å²) in [4.78, 5) is 30.1. The maximum absolute atomic E-state index is 15.0. The molecule has 0 aliphatic carbocycles. The Morgan fingerprint density at radius 2 is 1.73 bits per heavy atom. The molecule has 2 aromatic rings. The van der Waals surface area contributed by atoms with Gasteiger partial charge in [-0.3, -0.25) is 14.5 Å². The summed E-state index contributed by atoms with van der Waals surface area (Å²) in [5, 5.41) is 3.75. The number of rotatable bonds is 6. The van der Waals surface area contributed by atoms with Crippen molar-refractivity contribution in [3.63, 3.8) is 0 Å². The Morgan fingerprint density at radius 1 is 1.05 bits per heavy atom. The van der Waals surface area contributed by atoms with E-state index in [1.807, 2.05) is 24.8 Å². The minimum atomic E-state index is -0.611. The van der Waals surface area contributed by atoms with Gasteiger partial charge >= 0.3 is 0 Å². The van der Waals surface area contributed by atoms with Crippen LogP contribution in [0.15, 0.2) is 30.3 Å². The molecule has 41 heavy (non-hydrogen) atoms. The van der Waals surface area contributed by atoms with Crippen LogP contribution in [0.3, 0.4) is 0 Å². The number of piperidine rings is 2. The number of likely N-dealkylation sites (tertiary alicyclic amines) is 2. The van der Waals surface area contributed by atoms with Gasteiger partial charge in [0, 0.05) is 55.0 Å². The summed E-state index contributed by atoms with van der Waals surface area (Å²) in [6.45, 7) is 14.5. The van der Waals surface area contributed by atoms with Gasteiger partial charge in [-0.15, -0.1) is 0 Å². The van der Waals surface area contributed by atoms with Gasteiger partial charge in [-0.2, -0.15) is 0 Å². The highest BCUT2D eigenvalue weighted by atomic mass is 35.5. The number of nitrogens with zero attached hydrogens (tertiary/aromatic N) is 2. The molecule has 3 atom stereocenters. The van der Waals surface area contributed by atoms with Crippen molar-refractivity contribution in [1.82, 2.24) is 15.1 Å². The van der Waals surface area contributed by atoms with Crippen LogP contribution in [-0.4, -0.2) is 53.3 Å². The molecular weight excluding hydrogens is 544 g/mol. The first kappa shape index (κ1) is 31.4. The minimum Gasteiger partial charge on any atom is -0.350 e. The standard InChI is InChI=1S/C33H44ClF2N3O2/c1-7-31(37-21(3)40)27-18-29(34)20(2)16-26(27)22-10-13-38(14-11-22)32(41)25-12-15-39(33(4,5)6)19-28(25)24-9-8-23(35)17-30(24)36/h8-9,16-18,22,25,28,31H,7,10-15,19H2,1-6H3,(H,37,40)/t25-,28+,31+/m1/s1. The normalized spacial score (nSPS) is 21.5. The van der Waals surface area contributed by atoms with Crippen LogP contribution >= 0.6 is 11.6 Å². The minimum absolute atomic E-state index is 0.0583. The Balaban J connectivity index is 1.54. The van der Waals surface area contributed by atoms with E-state index < -0.39 is 11.6 Å². The Kier molecular flexibility index (Phi) is 9.80. The number of hydrogen-bond acceptors (Lipinski definition) is 3. The van der Waals surface area contributed by atoms with Gasteiger partial charge in [0.1, 0.15) is 11.6 Å². The second-order valence-electron chi connectivity index (χ2n) is 12.8. The van der Waals surface area contributed by atoms with Gasteiger partial charge in [0.2, 0.25) is 11.8 Å². The molecule has 0 aromatic heterocycles. The van der Waals surface area contributed by atoms with Gasteiger partial charge in [-0.25, -0.2) is 8.78 Å². The highest BCUT2D eigenvalue weighted by Crippen LogP contribution is 2.40. The van der Waals surface area contributed by atoms with Crippen molar-refractivity contribution in [2.45, 2.75) is 90.6 Å². The quantitative estimate of drug-likeness (QED) is 0.391. The average Bonchev–Trinajstić information content (AvgIpc) is 2.92. The number of nitrogens with one attached hydrogen (secondary N) is 1. The highest BCUT2D eigenvalue weighted by molar-refractivity contribution is 6.31. The van der Waals surface area contributed by atoms with E-state index in [0.717, 1.165) is 43.0 Å². The molecule has 1 N–H and O–H groups in total. The van der Waals surface area contributed by atoms with Crippen LogP contribution in [0.5, 0.6) is 0 Å². The molecule has 5 nitrogen and oxygen atoms in total. The van der Waals surface area contributed by atoms with Crippen LogP contribution in [0.4, 0.5) is 8.78 Å². The molecule has 2 aliphatic rings. The molecule has 8 heteroatoms. The summed E-state index contributed by atoms with van der Waals surface area (Å²) >= 11 is 6.52. The van der Waals surface area contributed by atoms with E-state index in [1.165, 1.54) is 24.6 Å². The molecule has 2 saturated heterocycles. The van der Waals surface area contributed by atoms with E-state index in [-0.39, 0.29) is 41.1 Å². The van der Waals surface area contributed by atoms with E-state index in [9.17, 15) is 14.0 Å². The van der Waals surface area contributed by atoms with Crippen LogP contribution in [0.2, 0.25) is 5.02 Å². The van der Waals surface area contributed by atoms with Crippen LogP contribution in [0.1, 0.15) is 100 Å². The fraction of sp³-hybridized carbons (Fsp3) is 0.576. The van der Waals surface area contributed by atoms with Crippen LogP contribution in [0.25, 0.3) is 0 Å². The first-order valence-electron chi connectivity index (χ1n) is 14.9. The predicted octanol–water partition coefficient (Wildman–Crippen LogP) is 7.12. The summed E-state index contributed by atoms with van der Waals surface area (Å²) in [5.41, 5.74) is 3.52. The fourth-order valence-electron chi connectivity index (χ4n) is 6.64. The summed E-state index contributed by atoms with van der Waals surface area (Å²) in [6.07, 6.45) is 2.98. The third-order valence-corrected chi connectivity index (χ3v) is 9.42. The lowest BCUT2D eigenvalue weighted by atomic mass is 9.77. The third-order valence-electron chi connectivity index (χ3n) is 9.01. The van der Waals surface area contributed by atoms with Crippen LogP contribution in [-0.2, 0) is 9.59 Å². The van der Waals surface area contributed by atoms with E-state index in [0.29, 0.717) is 36.6 Å². The molecule has 2 aromatic carbocycles. The second-order valence-corrected chi connectivity index (χ2v) is 13.2. The summed E-state index contributed by atoms with van der Waals surface area (Å²) < 4.78 is 28.8. The second kappa shape index (κ2) is 12.8. The molecule has 2 heterocycles. The van der Waals surface area contributed by atoms with Crippen molar-refractivity contribution in [2.24, 2.45) is 5.92 Å². The summed E-state index contributed by atoms with van der Waals surface area (Å²) in [7, 11) is 0. The molecule has 0 saturated carbocycles. The molecule has 0 unspecified atom stereocenters. The van der Waals surface area contributed by atoms with Gasteiger partial charge in [0.05, 0.1) is 6.04 Å². The Hall–Kier alpha value is -2.51. The number of halogens is 3. The SMILES string of the molecule is CC[C@H](NC(C)=O)c1cc(Cl)c(C)cc1C1CCN(C(=O)[C@@H]2CCN(C(C)(C)C)C[C@H]2c2ccc(F)cc2F)CC1. The zero-order chi connectivity index (χ0) is 30.1. The molecular formula is C33H44ClF2N3O2. The molecule has 4 rings (SSSR count). The van der Waals surface area contributed by atoms with Crippen LogP contribution < -0.4 is 5.32 Å². The van der Waals surface area contributed by atoms with Crippen molar-refractivity contribution >= 4 is 23.4 Å². The Morgan fingerprint density at radius 3 is 2.32 bits per heavy atom. The summed E-state index contributed by atoms with van der Waals surface area (Å²) in [6, 6.07) is 7.72. The maximum Gasteiger partial charge on any atom is 0.226 e. The number of carbonyl (C=O) groups excluding carboxylic acids is 2. The first-order chi connectivity index (χ1) is 19.3. The topological polar surface area (TPSA) is 52.7 Å². The monoisotopic (exact) mass is 587 g/mol. The van der Waals surface area contributed by atoms with Crippen molar-refractivity contribution in [1.29, 1.82) is 0 Å². The molecule has 224 valence electrons. The third kappa shape index (κ3) is 7.11. The maximum atomic E-state index is 15.0. The van der Waals surface area contributed by atoms with Gasteiger partial charge < -0.3 is 10.2 Å². The van der Waals surface area contributed by atoms with E-state index in [1.54, 1.807) is 0 Å². The van der Waals surface area contributed by atoms with Crippen LogP contribution in [0, 0.1) is 24.5 Å². The van der Waals surface area contributed by atoms with E-state index in [2.05, 4.69) is 37.1 Å². The Labute approximate surface area is 248 Å². The molecule has 2 fully saturated rings. The number of hydrogen-bond donors (Lipinski definition) is 1.